The van der Waals surface area contributed by atoms with E-state index in [-0.39, 0.29) is 23.9 Å². The Morgan fingerprint density at radius 3 is 2.42 bits per heavy atom. The molecule has 1 heterocycles. The van der Waals surface area contributed by atoms with E-state index >= 15 is 0 Å². The van der Waals surface area contributed by atoms with Crippen LogP contribution in [0.25, 0.3) is 0 Å². The fourth-order valence-corrected chi connectivity index (χ4v) is 2.54. The van der Waals surface area contributed by atoms with Gasteiger partial charge >= 0.3 is 0 Å². The number of nitrogens with one attached hydrogen (secondary N) is 1. The van der Waals surface area contributed by atoms with Gasteiger partial charge in [-0.1, -0.05) is 34.1 Å². The van der Waals surface area contributed by atoms with Crippen LogP contribution in [0.2, 0.25) is 0 Å². The molecule has 0 aromatic rings. The quantitative estimate of drug-likeness (QED) is 0.831. The first-order valence-corrected chi connectivity index (χ1v) is 7.46. The van der Waals surface area contributed by atoms with Gasteiger partial charge in [0, 0.05) is 19.0 Å². The minimum absolute atomic E-state index is 0.00199. The largest absolute Gasteiger partial charge is 0.344 e. The van der Waals surface area contributed by atoms with Crippen molar-refractivity contribution < 1.29 is 9.59 Å². The maximum absolute atomic E-state index is 12.6. The molecule has 0 aromatic carbocycles. The zero-order valence-corrected chi connectivity index (χ0v) is 12.9. The highest BCUT2D eigenvalue weighted by atomic mass is 16.2. The van der Waals surface area contributed by atoms with Gasteiger partial charge in [0.15, 0.2) is 0 Å². The fourth-order valence-electron chi connectivity index (χ4n) is 2.54. The number of carbonyl (C=O) groups excluding carboxylic acids is 2. The van der Waals surface area contributed by atoms with Crippen molar-refractivity contribution in [1.29, 1.82) is 0 Å². The molecule has 2 amide bonds. The van der Waals surface area contributed by atoms with Gasteiger partial charge < -0.3 is 10.2 Å². The number of rotatable bonds is 5. The summed E-state index contributed by atoms with van der Waals surface area (Å²) in [5.74, 6) is 0.940. The third kappa shape index (κ3) is 4.22. The monoisotopic (exact) mass is 268 g/mol. The highest BCUT2D eigenvalue weighted by molar-refractivity contribution is 5.90. The van der Waals surface area contributed by atoms with Crippen LogP contribution in [0.15, 0.2) is 0 Å². The van der Waals surface area contributed by atoms with E-state index in [4.69, 9.17) is 0 Å². The minimum atomic E-state index is -0.346. The first kappa shape index (κ1) is 16.0. The Morgan fingerprint density at radius 2 is 1.89 bits per heavy atom. The van der Waals surface area contributed by atoms with Crippen LogP contribution in [0, 0.1) is 11.8 Å². The predicted molar refractivity (Wildman–Crippen MR) is 76.6 cm³/mol. The summed E-state index contributed by atoms with van der Waals surface area (Å²) in [6, 6.07) is -0.152. The topological polar surface area (TPSA) is 49.4 Å². The molecule has 1 N–H and O–H groups in total. The van der Waals surface area contributed by atoms with E-state index in [9.17, 15) is 9.59 Å². The molecule has 1 aliphatic heterocycles. The highest BCUT2D eigenvalue weighted by Crippen LogP contribution is 2.19. The number of carbonyl (C=O) groups is 2. The fraction of sp³-hybridized carbons (Fsp3) is 0.867. The molecule has 19 heavy (non-hydrogen) atoms. The molecular formula is C15H28N2O2. The Bertz CT molecular complexity index is 328. The minimum Gasteiger partial charge on any atom is -0.344 e. The summed E-state index contributed by atoms with van der Waals surface area (Å²) < 4.78 is 0. The molecule has 0 spiro atoms. The molecule has 4 nitrogen and oxygen atoms in total. The number of hydrogen-bond donors (Lipinski definition) is 1. The normalized spacial score (nSPS) is 24.1. The van der Waals surface area contributed by atoms with E-state index in [0.717, 1.165) is 6.42 Å². The van der Waals surface area contributed by atoms with Crippen molar-refractivity contribution >= 4 is 11.8 Å². The number of nitrogens with zero attached hydrogens (tertiary/aromatic N) is 1. The molecule has 3 unspecified atom stereocenters. The smallest absolute Gasteiger partial charge is 0.245 e. The molecule has 110 valence electrons. The standard InChI is InChI=1S/C15H28N2O2/c1-6-11(4)12(5)17-8-7-14(18)16-13(15(17)19)9-10(2)3/h10-13H,6-9H2,1-5H3,(H,16,18). The van der Waals surface area contributed by atoms with E-state index in [0.29, 0.717) is 31.2 Å². The Balaban J connectivity index is 2.85. The lowest BCUT2D eigenvalue weighted by atomic mass is 9.97. The molecule has 1 rings (SSSR count). The van der Waals surface area contributed by atoms with E-state index in [1.165, 1.54) is 0 Å². The summed E-state index contributed by atoms with van der Waals surface area (Å²) in [6.07, 6.45) is 2.18. The van der Waals surface area contributed by atoms with Gasteiger partial charge in [-0.05, 0) is 25.2 Å². The van der Waals surface area contributed by atoms with Crippen LogP contribution in [-0.4, -0.2) is 35.3 Å². The molecule has 0 aromatic heterocycles. The lowest BCUT2D eigenvalue weighted by Gasteiger charge is -2.33. The Kier molecular flexibility index (Phi) is 5.83. The van der Waals surface area contributed by atoms with Gasteiger partial charge in [0.05, 0.1) is 0 Å². The van der Waals surface area contributed by atoms with Gasteiger partial charge in [-0.3, -0.25) is 9.59 Å². The van der Waals surface area contributed by atoms with Gasteiger partial charge in [-0.15, -0.1) is 0 Å². The predicted octanol–water partition coefficient (Wildman–Crippen LogP) is 2.18. The van der Waals surface area contributed by atoms with Crippen LogP contribution in [-0.2, 0) is 9.59 Å². The van der Waals surface area contributed by atoms with Crippen LogP contribution >= 0.6 is 0 Å². The van der Waals surface area contributed by atoms with Crippen LogP contribution in [0.5, 0.6) is 0 Å². The second-order valence-corrected chi connectivity index (χ2v) is 6.16. The van der Waals surface area contributed by atoms with Crippen LogP contribution < -0.4 is 5.32 Å². The SMILES string of the molecule is CCC(C)C(C)N1CCC(=O)NC(CC(C)C)C1=O. The van der Waals surface area contributed by atoms with Crippen LogP contribution in [0.4, 0.5) is 0 Å². The third-order valence-electron chi connectivity index (χ3n) is 4.16. The molecule has 0 saturated carbocycles. The van der Waals surface area contributed by atoms with Crippen LogP contribution in [0.3, 0.4) is 0 Å². The van der Waals surface area contributed by atoms with Gasteiger partial charge in [-0.25, -0.2) is 0 Å². The summed E-state index contributed by atoms with van der Waals surface area (Å²) in [7, 11) is 0. The van der Waals surface area contributed by atoms with Gasteiger partial charge in [0.25, 0.3) is 0 Å². The molecule has 0 aliphatic carbocycles. The Morgan fingerprint density at radius 1 is 1.26 bits per heavy atom. The maximum atomic E-state index is 12.6. The molecule has 3 atom stereocenters. The summed E-state index contributed by atoms with van der Waals surface area (Å²) in [5.41, 5.74) is 0. The maximum Gasteiger partial charge on any atom is 0.245 e. The number of amides is 2. The first-order valence-electron chi connectivity index (χ1n) is 7.46. The summed E-state index contributed by atoms with van der Waals surface area (Å²) in [4.78, 5) is 26.2. The molecule has 1 fully saturated rings. The Labute approximate surface area is 116 Å². The van der Waals surface area contributed by atoms with Crippen molar-refractivity contribution in [3.05, 3.63) is 0 Å². The van der Waals surface area contributed by atoms with Gasteiger partial charge in [0.2, 0.25) is 11.8 Å². The van der Waals surface area contributed by atoms with E-state index in [1.807, 2.05) is 4.90 Å². The van der Waals surface area contributed by atoms with Crippen molar-refractivity contribution in [2.24, 2.45) is 11.8 Å². The van der Waals surface area contributed by atoms with Crippen molar-refractivity contribution in [3.63, 3.8) is 0 Å². The van der Waals surface area contributed by atoms with Crippen molar-refractivity contribution in [2.75, 3.05) is 6.54 Å². The second-order valence-electron chi connectivity index (χ2n) is 6.16. The second kappa shape index (κ2) is 6.92. The lowest BCUT2D eigenvalue weighted by molar-refractivity contribution is -0.136. The zero-order chi connectivity index (χ0) is 14.6. The third-order valence-corrected chi connectivity index (χ3v) is 4.16. The summed E-state index contributed by atoms with van der Waals surface area (Å²) >= 11 is 0. The zero-order valence-electron chi connectivity index (χ0n) is 12.9. The molecule has 0 radical (unpaired) electrons. The van der Waals surface area contributed by atoms with Crippen LogP contribution in [0.1, 0.15) is 53.9 Å². The van der Waals surface area contributed by atoms with Crippen molar-refractivity contribution in [3.8, 4) is 0 Å². The van der Waals surface area contributed by atoms with E-state index < -0.39 is 0 Å². The Hall–Kier alpha value is -1.06. The molecule has 0 bridgehead atoms. The average molecular weight is 268 g/mol. The number of hydrogen-bond acceptors (Lipinski definition) is 2. The van der Waals surface area contributed by atoms with Gasteiger partial charge in [0.1, 0.15) is 6.04 Å². The summed E-state index contributed by atoms with van der Waals surface area (Å²) in [6.45, 7) is 11.1. The van der Waals surface area contributed by atoms with Gasteiger partial charge in [-0.2, -0.15) is 0 Å². The molecule has 1 aliphatic rings. The average Bonchev–Trinajstić information content (AvgIpc) is 2.48. The summed E-state index contributed by atoms with van der Waals surface area (Å²) in [5, 5.41) is 2.87. The van der Waals surface area contributed by atoms with Crippen molar-refractivity contribution in [1.82, 2.24) is 10.2 Å². The van der Waals surface area contributed by atoms with Crippen molar-refractivity contribution in [2.45, 2.75) is 66.0 Å². The molecule has 4 heteroatoms. The van der Waals surface area contributed by atoms with E-state index in [2.05, 4.69) is 39.9 Å². The highest BCUT2D eigenvalue weighted by Gasteiger charge is 2.33. The molecular weight excluding hydrogens is 240 g/mol. The van der Waals surface area contributed by atoms with E-state index in [1.54, 1.807) is 0 Å². The lowest BCUT2D eigenvalue weighted by Crippen LogP contribution is -2.49. The first-order chi connectivity index (χ1) is 8.86. The molecule has 1 saturated heterocycles.